The van der Waals surface area contributed by atoms with E-state index in [9.17, 15) is 0 Å². The molecule has 0 aromatic rings. The topological polar surface area (TPSA) is 12.0 Å². The van der Waals surface area contributed by atoms with Gasteiger partial charge in [-0.2, -0.15) is 0 Å². The molecule has 1 aliphatic rings. The van der Waals surface area contributed by atoms with Crippen LogP contribution in [0.4, 0.5) is 0 Å². The summed E-state index contributed by atoms with van der Waals surface area (Å²) < 4.78 is 0. The maximum absolute atomic E-state index is 3.33. The molecule has 0 aromatic heterocycles. The maximum Gasteiger partial charge on any atom is -0.00180 e. The van der Waals surface area contributed by atoms with Crippen LogP contribution in [0.15, 0.2) is 0 Å². The Morgan fingerprint density at radius 3 is 2.00 bits per heavy atom. The van der Waals surface area contributed by atoms with Crippen molar-refractivity contribution in [1.29, 1.82) is 0 Å². The summed E-state index contributed by atoms with van der Waals surface area (Å²) in [6.45, 7) is 10.7. The van der Waals surface area contributed by atoms with Crippen molar-refractivity contribution >= 4 is 0 Å². The van der Waals surface area contributed by atoms with Gasteiger partial charge < -0.3 is 5.32 Å². The molecule has 0 aliphatic heterocycles. The number of hydrogen-bond acceptors (Lipinski definition) is 1. The highest BCUT2D eigenvalue weighted by Crippen LogP contribution is 2.60. The fourth-order valence-electron chi connectivity index (χ4n) is 3.18. The lowest BCUT2D eigenvalue weighted by Crippen LogP contribution is -2.18. The van der Waals surface area contributed by atoms with Crippen LogP contribution in [0.25, 0.3) is 0 Å². The van der Waals surface area contributed by atoms with Gasteiger partial charge in [0.05, 0.1) is 0 Å². The van der Waals surface area contributed by atoms with Gasteiger partial charge in [-0.15, -0.1) is 0 Å². The molecule has 84 valence electrons. The highest BCUT2D eigenvalue weighted by atomic mass is 14.8. The Morgan fingerprint density at radius 2 is 1.64 bits per heavy atom. The first-order valence-corrected chi connectivity index (χ1v) is 6.15. The molecule has 0 heterocycles. The largest absolute Gasteiger partial charge is 0.319 e. The van der Waals surface area contributed by atoms with Gasteiger partial charge in [0, 0.05) is 0 Å². The van der Waals surface area contributed by atoms with Crippen LogP contribution < -0.4 is 5.32 Å². The Labute approximate surface area is 89.7 Å². The van der Waals surface area contributed by atoms with Gasteiger partial charge >= 0.3 is 0 Å². The van der Waals surface area contributed by atoms with E-state index in [0.717, 1.165) is 17.8 Å². The van der Waals surface area contributed by atoms with Crippen molar-refractivity contribution in [3.05, 3.63) is 0 Å². The van der Waals surface area contributed by atoms with Crippen LogP contribution in [0.5, 0.6) is 0 Å². The third-order valence-electron chi connectivity index (χ3n) is 3.44. The lowest BCUT2D eigenvalue weighted by Gasteiger charge is -2.22. The van der Waals surface area contributed by atoms with Crippen molar-refractivity contribution < 1.29 is 0 Å². The van der Waals surface area contributed by atoms with E-state index in [1.165, 1.54) is 25.8 Å². The van der Waals surface area contributed by atoms with Crippen LogP contribution in [0.3, 0.4) is 0 Å². The molecule has 1 nitrogen and oxygen atoms in total. The second-order valence-corrected chi connectivity index (χ2v) is 6.02. The van der Waals surface area contributed by atoms with E-state index in [2.05, 4.69) is 40.1 Å². The summed E-state index contributed by atoms with van der Waals surface area (Å²) in [5, 5.41) is 3.33. The summed E-state index contributed by atoms with van der Waals surface area (Å²) in [7, 11) is 2.08. The molecular weight excluding hydrogens is 170 g/mol. The van der Waals surface area contributed by atoms with Gasteiger partial charge in [-0.05, 0) is 56.0 Å². The quantitative estimate of drug-likeness (QED) is 0.689. The standard InChI is InChI=1S/C13H27N/c1-10(2)6-13(7-11(3)4)8-12(13)9-14-5/h10-12,14H,6-9H2,1-5H3. The van der Waals surface area contributed by atoms with Gasteiger partial charge in [0.2, 0.25) is 0 Å². The normalized spacial score (nSPS) is 24.6. The molecule has 0 amide bonds. The third kappa shape index (κ3) is 2.98. The van der Waals surface area contributed by atoms with Crippen LogP contribution in [0.2, 0.25) is 0 Å². The SMILES string of the molecule is CNCC1CC1(CC(C)C)CC(C)C. The molecule has 1 N–H and O–H groups in total. The van der Waals surface area contributed by atoms with Gasteiger partial charge in [0.15, 0.2) is 0 Å². The van der Waals surface area contributed by atoms with Gasteiger partial charge in [-0.3, -0.25) is 0 Å². The fraction of sp³-hybridized carbons (Fsp3) is 1.00. The molecule has 1 heteroatoms. The minimum absolute atomic E-state index is 0.700. The van der Waals surface area contributed by atoms with E-state index in [4.69, 9.17) is 0 Å². The van der Waals surface area contributed by atoms with E-state index in [0.29, 0.717) is 5.41 Å². The maximum atomic E-state index is 3.33. The molecule has 14 heavy (non-hydrogen) atoms. The van der Waals surface area contributed by atoms with E-state index < -0.39 is 0 Å². The first kappa shape index (κ1) is 12.0. The number of hydrogen-bond donors (Lipinski definition) is 1. The lowest BCUT2D eigenvalue weighted by molar-refractivity contribution is 0.292. The Kier molecular flexibility index (Phi) is 4.00. The van der Waals surface area contributed by atoms with E-state index in [1.54, 1.807) is 0 Å². The Balaban J connectivity index is 2.47. The summed E-state index contributed by atoms with van der Waals surface area (Å²) in [5.41, 5.74) is 0.700. The Hall–Kier alpha value is -0.0400. The average molecular weight is 197 g/mol. The summed E-state index contributed by atoms with van der Waals surface area (Å²) in [6, 6.07) is 0. The zero-order valence-corrected chi connectivity index (χ0v) is 10.6. The monoisotopic (exact) mass is 197 g/mol. The molecular formula is C13H27N. The van der Waals surface area contributed by atoms with Crippen molar-refractivity contribution in [2.45, 2.75) is 47.0 Å². The highest BCUT2D eigenvalue weighted by Gasteiger charge is 2.52. The first-order valence-electron chi connectivity index (χ1n) is 6.15. The first-order chi connectivity index (χ1) is 6.50. The molecule has 1 unspecified atom stereocenters. The van der Waals surface area contributed by atoms with Crippen LogP contribution in [0, 0.1) is 23.2 Å². The average Bonchev–Trinajstić information content (AvgIpc) is 2.59. The summed E-state index contributed by atoms with van der Waals surface area (Å²) >= 11 is 0. The molecule has 1 atom stereocenters. The minimum atomic E-state index is 0.700. The smallest absolute Gasteiger partial charge is 0.00180 e. The molecule has 0 radical (unpaired) electrons. The molecule has 0 bridgehead atoms. The molecule has 1 saturated carbocycles. The molecule has 1 aliphatic carbocycles. The predicted octanol–water partition coefficient (Wildman–Crippen LogP) is 3.30. The van der Waals surface area contributed by atoms with Crippen molar-refractivity contribution in [2.24, 2.45) is 23.2 Å². The van der Waals surface area contributed by atoms with Crippen molar-refractivity contribution in [1.82, 2.24) is 5.32 Å². The van der Waals surface area contributed by atoms with Crippen LogP contribution in [-0.2, 0) is 0 Å². The molecule has 0 spiro atoms. The minimum Gasteiger partial charge on any atom is -0.319 e. The summed E-state index contributed by atoms with van der Waals surface area (Å²) in [6.07, 6.45) is 4.32. The van der Waals surface area contributed by atoms with Crippen LogP contribution in [0.1, 0.15) is 47.0 Å². The Bertz CT molecular complexity index is 162. The van der Waals surface area contributed by atoms with Crippen LogP contribution in [-0.4, -0.2) is 13.6 Å². The van der Waals surface area contributed by atoms with Crippen molar-refractivity contribution in [2.75, 3.05) is 13.6 Å². The van der Waals surface area contributed by atoms with E-state index >= 15 is 0 Å². The van der Waals surface area contributed by atoms with Crippen molar-refractivity contribution in [3.8, 4) is 0 Å². The third-order valence-corrected chi connectivity index (χ3v) is 3.44. The van der Waals surface area contributed by atoms with Crippen molar-refractivity contribution in [3.63, 3.8) is 0 Å². The number of rotatable bonds is 6. The highest BCUT2D eigenvalue weighted by molar-refractivity contribution is 5.03. The zero-order chi connectivity index (χ0) is 10.8. The van der Waals surface area contributed by atoms with Gasteiger partial charge in [0.1, 0.15) is 0 Å². The van der Waals surface area contributed by atoms with Gasteiger partial charge in [0.25, 0.3) is 0 Å². The molecule has 1 fully saturated rings. The van der Waals surface area contributed by atoms with Gasteiger partial charge in [-0.1, -0.05) is 27.7 Å². The summed E-state index contributed by atoms with van der Waals surface area (Å²) in [4.78, 5) is 0. The second kappa shape index (κ2) is 4.65. The predicted molar refractivity (Wildman–Crippen MR) is 63.4 cm³/mol. The Morgan fingerprint density at radius 1 is 1.14 bits per heavy atom. The fourth-order valence-corrected chi connectivity index (χ4v) is 3.18. The molecule has 1 rings (SSSR count). The van der Waals surface area contributed by atoms with E-state index in [-0.39, 0.29) is 0 Å². The second-order valence-electron chi connectivity index (χ2n) is 6.02. The molecule has 0 aromatic carbocycles. The van der Waals surface area contributed by atoms with E-state index in [1.807, 2.05) is 0 Å². The lowest BCUT2D eigenvalue weighted by atomic mass is 9.84. The number of nitrogens with one attached hydrogen (secondary N) is 1. The summed E-state index contributed by atoms with van der Waals surface area (Å²) in [5.74, 6) is 2.67. The van der Waals surface area contributed by atoms with Crippen LogP contribution >= 0.6 is 0 Å². The van der Waals surface area contributed by atoms with Gasteiger partial charge in [-0.25, -0.2) is 0 Å². The molecule has 0 saturated heterocycles. The zero-order valence-electron chi connectivity index (χ0n) is 10.6.